The van der Waals surface area contributed by atoms with Crippen molar-refractivity contribution in [3.63, 3.8) is 0 Å². The van der Waals surface area contributed by atoms with Crippen LogP contribution in [-0.2, 0) is 26.2 Å². The number of benzene rings is 2. The van der Waals surface area contributed by atoms with Crippen molar-refractivity contribution in [1.29, 1.82) is 0 Å². The monoisotopic (exact) mass is 493 g/mol. The van der Waals surface area contributed by atoms with Gasteiger partial charge in [0.05, 0.1) is 11.9 Å². The topological polar surface area (TPSA) is 86.8 Å². The van der Waals surface area contributed by atoms with Gasteiger partial charge in [-0.2, -0.15) is 0 Å². The quantitative estimate of drug-likeness (QED) is 0.545. The van der Waals surface area contributed by atoms with Crippen molar-refractivity contribution in [1.82, 2.24) is 10.2 Å². The Bertz CT molecular complexity index is 1070. The van der Waals surface area contributed by atoms with Crippen LogP contribution in [0.25, 0.3) is 0 Å². The Hall–Kier alpha value is -2.58. The van der Waals surface area contributed by atoms with Crippen LogP contribution < -0.4 is 9.62 Å². The second-order valence-corrected chi connectivity index (χ2v) is 10.5. The molecule has 0 unspecified atom stereocenters. The summed E-state index contributed by atoms with van der Waals surface area (Å²) in [7, 11) is -3.77. The first kappa shape index (κ1) is 26.7. The molecule has 0 spiro atoms. The minimum Gasteiger partial charge on any atom is -0.355 e. The summed E-state index contributed by atoms with van der Waals surface area (Å²) in [4.78, 5) is 27.5. The molecule has 0 radical (unpaired) electrons. The number of carbonyl (C=O) groups excluding carboxylic acids is 2. The molecule has 9 heteroatoms. The Kier molecular flexibility index (Phi) is 9.31. The highest BCUT2D eigenvalue weighted by Crippen LogP contribution is 2.29. The molecule has 0 aliphatic heterocycles. The first-order chi connectivity index (χ1) is 15.5. The average molecular weight is 494 g/mol. The maximum Gasteiger partial charge on any atom is 0.244 e. The predicted molar refractivity (Wildman–Crippen MR) is 133 cm³/mol. The number of nitrogens with zero attached hydrogens (tertiary/aromatic N) is 2. The van der Waals surface area contributed by atoms with Gasteiger partial charge in [0.2, 0.25) is 21.8 Å². The number of amides is 2. The molecule has 2 amide bonds. The van der Waals surface area contributed by atoms with Gasteiger partial charge in [-0.1, -0.05) is 55.8 Å². The number of nitrogens with one attached hydrogen (secondary N) is 1. The van der Waals surface area contributed by atoms with Gasteiger partial charge in [-0.15, -0.1) is 0 Å². The Morgan fingerprint density at radius 3 is 2.18 bits per heavy atom. The van der Waals surface area contributed by atoms with Gasteiger partial charge in [-0.25, -0.2) is 8.42 Å². The van der Waals surface area contributed by atoms with Gasteiger partial charge in [0.1, 0.15) is 12.6 Å². The Labute approximate surface area is 201 Å². The highest BCUT2D eigenvalue weighted by atomic mass is 35.5. The minimum atomic E-state index is -3.77. The van der Waals surface area contributed by atoms with Gasteiger partial charge < -0.3 is 10.2 Å². The van der Waals surface area contributed by atoms with Crippen molar-refractivity contribution in [2.24, 2.45) is 0 Å². The van der Waals surface area contributed by atoms with Gasteiger partial charge in [0.15, 0.2) is 0 Å². The number of para-hydroxylation sites is 1. The molecular weight excluding hydrogens is 462 g/mol. The van der Waals surface area contributed by atoms with E-state index >= 15 is 0 Å². The van der Waals surface area contributed by atoms with Crippen molar-refractivity contribution < 1.29 is 18.0 Å². The summed E-state index contributed by atoms with van der Waals surface area (Å²) in [6.07, 6.45) is 1.08. The molecule has 7 nitrogen and oxygen atoms in total. The summed E-state index contributed by atoms with van der Waals surface area (Å²) < 4.78 is 26.6. The van der Waals surface area contributed by atoms with E-state index in [1.54, 1.807) is 50.2 Å². The van der Waals surface area contributed by atoms with Gasteiger partial charge in [0.25, 0.3) is 0 Å². The van der Waals surface area contributed by atoms with Crippen LogP contribution in [0.4, 0.5) is 5.69 Å². The van der Waals surface area contributed by atoms with Crippen molar-refractivity contribution >= 4 is 39.1 Å². The lowest BCUT2D eigenvalue weighted by Crippen LogP contribution is -2.51. The summed E-state index contributed by atoms with van der Waals surface area (Å²) in [6, 6.07) is 13.3. The summed E-state index contributed by atoms with van der Waals surface area (Å²) in [6.45, 7) is 7.49. The SMILES string of the molecule is CCNC(=O)[C@@H](C)N(Cc1ccc(Cl)cc1)C(=O)CN(c1ccccc1C(C)C)S(C)(=O)=O. The number of likely N-dealkylation sites (N-methyl/N-ethyl adjacent to an activating group) is 1. The number of hydrogen-bond acceptors (Lipinski definition) is 4. The van der Waals surface area contributed by atoms with Gasteiger partial charge in [-0.3, -0.25) is 13.9 Å². The lowest BCUT2D eigenvalue weighted by Gasteiger charge is -2.32. The average Bonchev–Trinajstić information content (AvgIpc) is 2.75. The normalized spacial score (nSPS) is 12.3. The van der Waals surface area contributed by atoms with Crippen LogP contribution in [0.1, 0.15) is 44.7 Å². The lowest BCUT2D eigenvalue weighted by atomic mass is 10.0. The third kappa shape index (κ3) is 7.20. The molecule has 33 heavy (non-hydrogen) atoms. The molecule has 0 aliphatic carbocycles. The molecule has 2 rings (SSSR count). The number of hydrogen-bond donors (Lipinski definition) is 1. The van der Waals surface area contributed by atoms with E-state index in [1.165, 1.54) is 4.90 Å². The van der Waals surface area contributed by atoms with E-state index in [4.69, 9.17) is 11.6 Å². The molecule has 1 atom stereocenters. The molecule has 2 aromatic carbocycles. The molecule has 0 aliphatic rings. The van der Waals surface area contributed by atoms with Gasteiger partial charge in [-0.05, 0) is 49.1 Å². The number of carbonyl (C=O) groups is 2. The standard InChI is InChI=1S/C24H32ClN3O4S/c1-6-26-24(30)18(4)27(15-19-11-13-20(25)14-12-19)23(29)16-28(33(5,31)32)22-10-8-7-9-21(22)17(2)3/h7-14,17-18H,6,15-16H2,1-5H3,(H,26,30)/t18-/m1/s1. The fraction of sp³-hybridized carbons (Fsp3) is 0.417. The fourth-order valence-corrected chi connectivity index (χ4v) is 4.48. The summed E-state index contributed by atoms with van der Waals surface area (Å²) in [5, 5.41) is 3.29. The maximum absolute atomic E-state index is 13.5. The smallest absolute Gasteiger partial charge is 0.244 e. The second kappa shape index (κ2) is 11.5. The Morgan fingerprint density at radius 2 is 1.64 bits per heavy atom. The fourth-order valence-electron chi connectivity index (χ4n) is 3.49. The van der Waals surface area contributed by atoms with E-state index in [-0.39, 0.29) is 18.4 Å². The number of halogens is 1. The Morgan fingerprint density at radius 1 is 1.03 bits per heavy atom. The third-order valence-corrected chi connectivity index (χ3v) is 6.67. The summed E-state index contributed by atoms with van der Waals surface area (Å²) >= 11 is 5.97. The molecule has 2 aromatic rings. The summed E-state index contributed by atoms with van der Waals surface area (Å²) in [5.41, 5.74) is 2.05. The van der Waals surface area contributed by atoms with E-state index in [0.717, 1.165) is 21.7 Å². The van der Waals surface area contributed by atoms with Crippen molar-refractivity contribution in [2.45, 2.75) is 46.2 Å². The molecule has 0 heterocycles. The Balaban J connectivity index is 2.44. The maximum atomic E-state index is 13.5. The molecule has 0 saturated heterocycles. The largest absolute Gasteiger partial charge is 0.355 e. The van der Waals surface area contributed by atoms with Crippen LogP contribution in [0, 0.1) is 0 Å². The highest BCUT2D eigenvalue weighted by molar-refractivity contribution is 7.92. The van der Waals surface area contributed by atoms with E-state index < -0.39 is 28.5 Å². The van der Waals surface area contributed by atoms with Gasteiger partial charge >= 0.3 is 0 Å². The van der Waals surface area contributed by atoms with Crippen LogP contribution in [0.15, 0.2) is 48.5 Å². The molecule has 0 bridgehead atoms. The third-order valence-electron chi connectivity index (χ3n) is 5.29. The number of rotatable bonds is 10. The van der Waals surface area contributed by atoms with Crippen molar-refractivity contribution in [3.05, 3.63) is 64.7 Å². The highest BCUT2D eigenvalue weighted by Gasteiger charge is 2.30. The van der Waals surface area contributed by atoms with E-state index in [2.05, 4.69) is 5.32 Å². The van der Waals surface area contributed by atoms with Crippen LogP contribution in [0.5, 0.6) is 0 Å². The first-order valence-corrected chi connectivity index (χ1v) is 13.1. The molecule has 0 saturated carbocycles. The second-order valence-electron chi connectivity index (χ2n) is 8.20. The first-order valence-electron chi connectivity index (χ1n) is 10.8. The lowest BCUT2D eigenvalue weighted by molar-refractivity contribution is -0.139. The van der Waals surface area contributed by atoms with Crippen LogP contribution in [0.3, 0.4) is 0 Å². The van der Waals surface area contributed by atoms with E-state index in [9.17, 15) is 18.0 Å². The molecule has 1 N–H and O–H groups in total. The molecule has 0 aromatic heterocycles. The zero-order valence-corrected chi connectivity index (χ0v) is 21.3. The number of sulfonamides is 1. The van der Waals surface area contributed by atoms with Crippen LogP contribution >= 0.6 is 11.6 Å². The van der Waals surface area contributed by atoms with Gasteiger partial charge in [0, 0.05) is 18.1 Å². The molecule has 180 valence electrons. The van der Waals surface area contributed by atoms with E-state index in [1.807, 2.05) is 26.0 Å². The molecular formula is C24H32ClN3O4S. The van der Waals surface area contributed by atoms with Crippen LogP contribution in [-0.4, -0.2) is 50.5 Å². The van der Waals surface area contributed by atoms with E-state index in [0.29, 0.717) is 17.3 Å². The van der Waals surface area contributed by atoms with Crippen LogP contribution in [0.2, 0.25) is 5.02 Å². The van der Waals surface area contributed by atoms with Crippen molar-refractivity contribution in [3.8, 4) is 0 Å². The number of anilines is 1. The predicted octanol–water partition coefficient (Wildman–Crippen LogP) is 3.78. The summed E-state index contributed by atoms with van der Waals surface area (Å²) in [5.74, 6) is -0.735. The molecule has 0 fully saturated rings. The van der Waals surface area contributed by atoms with Crippen molar-refractivity contribution in [2.75, 3.05) is 23.7 Å². The zero-order valence-electron chi connectivity index (χ0n) is 19.7. The minimum absolute atomic E-state index is 0.0555. The zero-order chi connectivity index (χ0) is 24.8.